The Morgan fingerprint density at radius 2 is 0.792 bits per heavy atom. The molecule has 3 aromatic heterocycles. The van der Waals surface area contributed by atoms with Crippen LogP contribution in [0.15, 0.2) is 164 Å². The second-order valence-corrected chi connectivity index (χ2v) is 48.0. The number of hydrogen-bond acceptors (Lipinski definition) is 15. The van der Waals surface area contributed by atoms with Crippen molar-refractivity contribution in [2.75, 3.05) is 52.5 Å². The van der Waals surface area contributed by atoms with Crippen LogP contribution in [-0.4, -0.2) is 197 Å². The molecular formula is C88H113BrClF3N9O19P3Si. The number of unbranched alkanes of at least 4 members (excludes halogenated alkanes) is 3. The summed E-state index contributed by atoms with van der Waals surface area (Å²) in [6, 6.07) is 40.9. The highest BCUT2D eigenvalue weighted by Crippen LogP contribution is 2.48. The van der Waals surface area contributed by atoms with Crippen LogP contribution in [0.3, 0.4) is 0 Å². The summed E-state index contributed by atoms with van der Waals surface area (Å²) in [5.74, 6) is -3.69. The van der Waals surface area contributed by atoms with Gasteiger partial charge in [-0.05, 0) is 164 Å². The Labute approximate surface area is 740 Å². The number of alkyl halides is 3. The van der Waals surface area contributed by atoms with Crippen LogP contribution in [0.2, 0.25) is 19.6 Å². The summed E-state index contributed by atoms with van der Waals surface area (Å²) in [6.45, 7) is 14.4. The van der Waals surface area contributed by atoms with Gasteiger partial charge in [0.15, 0.2) is 17.3 Å². The summed E-state index contributed by atoms with van der Waals surface area (Å²) in [5.41, 5.74) is 5.99. The minimum Gasteiger partial charge on any atom is -0.480 e. The third kappa shape index (κ3) is 31.2. The molecule has 12 rings (SSSR count). The molecule has 3 saturated heterocycles. The number of carbonyl (C=O) groups excluding carboxylic acids is 8. The van der Waals surface area contributed by atoms with Gasteiger partial charge in [-0.1, -0.05) is 111 Å². The number of hydrogen-bond donors (Lipinski definition) is 9. The summed E-state index contributed by atoms with van der Waals surface area (Å²) in [4.78, 5) is 151. The van der Waals surface area contributed by atoms with E-state index in [4.69, 9.17) is 23.9 Å². The second kappa shape index (κ2) is 48.2. The van der Waals surface area contributed by atoms with E-state index in [2.05, 4.69) is 80.5 Å². The molecule has 0 spiro atoms. The lowest BCUT2D eigenvalue weighted by Crippen LogP contribution is -2.47. The van der Waals surface area contributed by atoms with E-state index >= 15 is 0 Å². The maximum absolute atomic E-state index is 14.5. The molecule has 37 heteroatoms. The van der Waals surface area contributed by atoms with Crippen molar-refractivity contribution < 1.29 is 104 Å². The Balaban J connectivity index is 0.000000235. The van der Waals surface area contributed by atoms with Crippen molar-refractivity contribution >= 4 is 159 Å². The maximum atomic E-state index is 14.5. The molecule has 0 bridgehead atoms. The topological polar surface area (TPSA) is 394 Å². The van der Waals surface area contributed by atoms with E-state index in [1.165, 1.54) is 105 Å². The number of aliphatic carboxylic acids is 1. The number of amides is 5. The first kappa shape index (κ1) is 103. The fourth-order valence-electron chi connectivity index (χ4n) is 14.6. The zero-order valence-corrected chi connectivity index (χ0v) is 77.4. The molecule has 3 aliphatic rings. The van der Waals surface area contributed by atoms with Crippen molar-refractivity contribution in [3.8, 4) is 0 Å². The van der Waals surface area contributed by atoms with Gasteiger partial charge in [0.25, 0.3) is 0 Å². The number of aryl methyl sites for hydroxylation is 3. The summed E-state index contributed by atoms with van der Waals surface area (Å²) in [7, 11) is -12.6. The minimum absolute atomic E-state index is 0. The molecule has 678 valence electrons. The van der Waals surface area contributed by atoms with Crippen molar-refractivity contribution in [2.24, 2.45) is 0 Å². The first-order chi connectivity index (χ1) is 58.7. The number of ketones is 3. The Hall–Kier alpha value is -9.04. The molecule has 3 fully saturated rings. The first-order valence-electron chi connectivity index (χ1n) is 41.2. The van der Waals surface area contributed by atoms with Gasteiger partial charge in [-0.25, -0.2) is 13.2 Å². The lowest BCUT2D eigenvalue weighted by Gasteiger charge is -2.24. The minimum atomic E-state index is -4.55. The van der Waals surface area contributed by atoms with Gasteiger partial charge in [0.05, 0.1) is 48.3 Å². The highest BCUT2D eigenvalue weighted by Gasteiger charge is 2.42. The molecule has 6 atom stereocenters. The second-order valence-electron chi connectivity index (χ2n) is 31.5. The number of carboxylic acids is 1. The number of aromatic nitrogens is 3. The number of fused-ring (bicyclic) bond motifs is 3. The SMILES string of the molecule is CC(=O)c1cn(CC(=O)N2C[C@H](F)C[C@H]2C(=O)NCCCCc2ccccc2)c2ccc(P(=O)(O)O)cc12.CC(=O)c1cn(CC(=O)O)c2ccc(P(=O)(O)O)cc12.CCOP(=O)(OCC)c1ccc2c(c1)c(C(C)=O)cn2CC(=O)N1C[C@H](F)C[C@H]1C(=O)NCCCCc1ccccc1.C[Si](C)(C)Br.Cl.O=C(NCCCCc1ccccc1)[C@@H]1C[C@@H](F)CN1. The van der Waals surface area contributed by atoms with Crippen LogP contribution in [0, 0.1) is 0 Å². The van der Waals surface area contributed by atoms with Crippen LogP contribution in [0.25, 0.3) is 32.7 Å². The van der Waals surface area contributed by atoms with Gasteiger partial charge in [0.1, 0.15) is 56.9 Å². The Morgan fingerprint density at radius 3 is 1.10 bits per heavy atom. The maximum Gasteiger partial charge on any atom is 0.361 e. The van der Waals surface area contributed by atoms with Crippen LogP contribution in [0.1, 0.15) is 140 Å². The largest absolute Gasteiger partial charge is 0.480 e. The molecule has 6 aromatic carbocycles. The zero-order chi connectivity index (χ0) is 90.8. The highest BCUT2D eigenvalue weighted by molar-refractivity contribution is 9.26. The number of rotatable bonds is 34. The Morgan fingerprint density at radius 1 is 0.472 bits per heavy atom. The number of Topliss-reactive ketones (excluding diaryl/α,β-unsaturated/α-hetero) is 3. The van der Waals surface area contributed by atoms with Crippen molar-refractivity contribution in [2.45, 2.75) is 188 Å². The molecule has 0 radical (unpaired) electrons. The van der Waals surface area contributed by atoms with E-state index in [9.17, 15) is 79.8 Å². The molecule has 9 N–H and O–H groups in total. The molecule has 0 saturated carbocycles. The molecule has 0 unspecified atom stereocenters. The van der Waals surface area contributed by atoms with Gasteiger partial charge < -0.3 is 78.5 Å². The Kier molecular flexibility index (Phi) is 39.7. The Bertz CT molecular complexity index is 5330. The quantitative estimate of drug-likeness (QED) is 0.00594. The summed E-state index contributed by atoms with van der Waals surface area (Å²) >= 11 is 3.51. The smallest absolute Gasteiger partial charge is 0.361 e. The molecule has 9 aromatic rings. The van der Waals surface area contributed by atoms with Gasteiger partial charge in [-0.3, -0.25) is 56.8 Å². The molecule has 0 aliphatic carbocycles. The van der Waals surface area contributed by atoms with Crippen molar-refractivity contribution in [3.63, 3.8) is 0 Å². The fourth-order valence-corrected chi connectivity index (χ4v) is 17.3. The van der Waals surface area contributed by atoms with Gasteiger partial charge in [-0.2, -0.15) is 0 Å². The molecule has 28 nitrogen and oxygen atoms in total. The van der Waals surface area contributed by atoms with E-state index in [-0.39, 0.29) is 128 Å². The predicted molar refractivity (Wildman–Crippen MR) is 485 cm³/mol. The number of carboxylic acid groups (broad SMARTS) is 1. The number of nitrogens with zero attached hydrogens (tertiary/aromatic N) is 5. The molecule has 5 amide bonds. The van der Waals surface area contributed by atoms with Crippen molar-refractivity contribution in [1.29, 1.82) is 0 Å². The van der Waals surface area contributed by atoms with E-state index in [0.717, 1.165) is 57.8 Å². The zero-order valence-electron chi connectivity index (χ0n) is 71.3. The lowest BCUT2D eigenvalue weighted by molar-refractivity contribution is -0.138. The van der Waals surface area contributed by atoms with Crippen molar-refractivity contribution in [1.82, 2.24) is 44.8 Å². The third-order valence-electron chi connectivity index (χ3n) is 20.5. The average molecular weight is 1890 g/mol. The molecule has 125 heavy (non-hydrogen) atoms. The van der Waals surface area contributed by atoms with Gasteiger partial charge >= 0.3 is 28.8 Å². The molecule has 6 heterocycles. The van der Waals surface area contributed by atoms with E-state index in [1.54, 1.807) is 42.8 Å². The van der Waals surface area contributed by atoms with Crippen LogP contribution in [0.5, 0.6) is 0 Å². The van der Waals surface area contributed by atoms with E-state index in [1.807, 2.05) is 66.7 Å². The summed E-state index contributed by atoms with van der Waals surface area (Å²) < 4.78 is 93.4. The van der Waals surface area contributed by atoms with Crippen LogP contribution in [-0.2, 0) is 90.4 Å². The number of likely N-dealkylation sites (tertiary alicyclic amines) is 2. The number of halogens is 5. The van der Waals surface area contributed by atoms with Gasteiger partial charge in [-0.15, -0.1) is 27.7 Å². The molecular weight excluding hydrogens is 1780 g/mol. The number of benzene rings is 6. The summed E-state index contributed by atoms with van der Waals surface area (Å²) in [5, 5.41) is 21.3. The van der Waals surface area contributed by atoms with Crippen molar-refractivity contribution in [3.05, 3.63) is 198 Å². The summed E-state index contributed by atoms with van der Waals surface area (Å²) in [6.07, 6.45) is 9.16. The van der Waals surface area contributed by atoms with Crippen LogP contribution < -0.4 is 37.2 Å². The van der Waals surface area contributed by atoms with Gasteiger partial charge in [0, 0.05) is 113 Å². The number of nitrogens with one attached hydrogen (secondary N) is 4. The van der Waals surface area contributed by atoms with E-state index in [0.29, 0.717) is 76.2 Å². The molecule has 3 aliphatic heterocycles. The predicted octanol–water partition coefficient (Wildman–Crippen LogP) is 12.7. The monoisotopic (exact) mass is 1890 g/mol. The standard InChI is InChI=1S/C31H39FN3O6P.C27H31FN3O6P.C15H21FN2O.C12H12NO6P.C3H9BrSi.ClH/c1-4-40-42(39,41-5-2)25-14-15-28-26(18-25)27(22(3)36)20-34(28)21-30(37)35-19-24(32)17-29(35)31(38)33-16-10-9-13-23-11-7-6-8-12-23;1-18(32)23-16-30(24-11-10-21(14-22(23)24)38(35,36)37)17-26(33)31-15-20(28)13-25(31)27(34)29-12-6-5-9-19-7-3-2-4-8-19;16-13-10-14(18-11-13)15(19)17-9-5-4-8-12-6-2-1-3-7-12;1-7(14)10-5-13(6-12(15)16)11-3-2-8(4-9(10)11)20(17,18)19;1-5(2,3)4;/h6-8,11-12,14-15,18,20,24,29H,4-5,9-10,13,16-17,19,21H2,1-3H3,(H,33,38);2-4,7-8,10-11,14,16,20,25H,5-6,9,12-13,15,17H2,1H3,(H,29,34)(H2,35,36,37);1-3,6-7,13-14,18H,4-5,8-11H2,(H,17,19);2-5H,6H2,1H3,(H,15,16)(H2,17,18,19);1-3H3;1H/t24-,29+;20-,25+;13-,14+;;;/m111.../s1. The lowest BCUT2D eigenvalue weighted by atomic mass is 10.1. The third-order valence-corrected chi connectivity index (χ3v) is 24.5. The average Bonchev–Trinajstić information content (AvgIpc) is 1.64. The van der Waals surface area contributed by atoms with Gasteiger partial charge in [0.2, 0.25) is 29.5 Å². The first-order valence-corrected chi connectivity index (χ1v) is 51.7. The normalized spacial score (nSPS) is 16.9. The fraction of sp³-hybridized carbons (Fsp3) is 0.420. The number of carbonyl (C=O) groups is 9. The van der Waals surface area contributed by atoms with Crippen LogP contribution in [0.4, 0.5) is 13.2 Å². The van der Waals surface area contributed by atoms with E-state index < -0.39 is 83.8 Å². The van der Waals surface area contributed by atoms with Crippen LogP contribution >= 0.6 is 50.5 Å². The highest BCUT2D eigenvalue weighted by atomic mass is 79.9.